The first kappa shape index (κ1) is 30.5. The monoisotopic (exact) mass is 539 g/mol. The summed E-state index contributed by atoms with van der Waals surface area (Å²) in [7, 11) is 1.35. The number of halogens is 1. The number of alkyl halides is 1. The second-order valence-corrected chi connectivity index (χ2v) is 9.75. The first-order valence-corrected chi connectivity index (χ1v) is 14.4. The maximum absolute atomic E-state index is 12.0. The first-order valence-electron chi connectivity index (χ1n) is 13.3. The lowest BCUT2D eigenvalue weighted by molar-refractivity contribution is -0.140. The number of esters is 2. The third-order valence-electron chi connectivity index (χ3n) is 6.00. The molecule has 0 radical (unpaired) electrons. The molecule has 0 saturated heterocycles. The molecule has 0 aliphatic rings. The molecule has 0 heterocycles. The molecule has 0 unspecified atom stereocenters. The van der Waals surface area contributed by atoms with E-state index in [1.54, 1.807) is 12.1 Å². The molecule has 1 aromatic rings. The van der Waals surface area contributed by atoms with Gasteiger partial charge in [-0.25, -0.2) is 4.79 Å². The minimum absolute atomic E-state index is 0.214. The van der Waals surface area contributed by atoms with Gasteiger partial charge in [0.25, 0.3) is 0 Å². The number of benzene rings is 1. The first-order chi connectivity index (χ1) is 16.7. The van der Waals surface area contributed by atoms with Gasteiger partial charge >= 0.3 is 11.9 Å². The van der Waals surface area contributed by atoms with Crippen molar-refractivity contribution >= 4 is 33.6 Å². The molecule has 194 valence electrons. The Morgan fingerprint density at radius 2 is 1.24 bits per heavy atom. The number of methoxy groups -OCH3 is 1. The predicted molar refractivity (Wildman–Crippen MR) is 145 cm³/mol. The highest BCUT2D eigenvalue weighted by atomic mass is 79.9. The van der Waals surface area contributed by atoms with Crippen LogP contribution < -0.4 is 5.32 Å². The van der Waals surface area contributed by atoms with Crippen molar-refractivity contribution < 1.29 is 19.1 Å². The van der Waals surface area contributed by atoms with Crippen LogP contribution in [-0.2, 0) is 14.3 Å². The number of carbonyl (C=O) groups excluding carboxylic acids is 2. The molecule has 34 heavy (non-hydrogen) atoms. The van der Waals surface area contributed by atoms with Crippen LogP contribution in [0.1, 0.15) is 113 Å². The quantitative estimate of drug-likeness (QED) is 0.0915. The number of anilines is 1. The van der Waals surface area contributed by atoms with Gasteiger partial charge in [0, 0.05) is 24.0 Å². The zero-order valence-corrected chi connectivity index (χ0v) is 22.8. The topological polar surface area (TPSA) is 64.6 Å². The minimum Gasteiger partial charge on any atom is -0.469 e. The smallest absolute Gasteiger partial charge is 0.338 e. The Bertz CT molecular complexity index is 636. The number of unbranched alkanes of at least 4 members (excludes halogenated alkanes) is 13. The largest absolute Gasteiger partial charge is 0.469 e. The number of nitrogens with one attached hydrogen (secondary N) is 1. The van der Waals surface area contributed by atoms with Gasteiger partial charge in [0.05, 0.1) is 19.3 Å². The fraction of sp³-hybridized carbons (Fsp3) is 0.714. The fourth-order valence-corrected chi connectivity index (χ4v) is 4.26. The van der Waals surface area contributed by atoms with Gasteiger partial charge in [-0.15, -0.1) is 0 Å². The lowest BCUT2D eigenvalue weighted by Gasteiger charge is -2.08. The molecule has 1 N–H and O–H groups in total. The average Bonchev–Trinajstić information content (AvgIpc) is 2.86. The molecule has 6 heteroatoms. The summed E-state index contributed by atoms with van der Waals surface area (Å²) < 4.78 is 9.75. The number of ether oxygens (including phenoxy) is 2. The molecule has 1 rings (SSSR count). The molecule has 0 fully saturated rings. The van der Waals surface area contributed by atoms with Gasteiger partial charge in [-0.05, 0) is 43.5 Å². The van der Waals surface area contributed by atoms with Gasteiger partial charge in [-0.2, -0.15) is 0 Å². The summed E-state index contributed by atoms with van der Waals surface area (Å²) in [4.78, 5) is 23.1. The number of hydrogen-bond donors (Lipinski definition) is 1. The van der Waals surface area contributed by atoms with E-state index in [2.05, 4.69) is 26.0 Å². The van der Waals surface area contributed by atoms with Gasteiger partial charge in [0.1, 0.15) is 0 Å². The Balaban J connectivity index is 1.93. The van der Waals surface area contributed by atoms with Crippen molar-refractivity contribution in [2.45, 2.75) is 103 Å². The van der Waals surface area contributed by atoms with Gasteiger partial charge in [-0.3, -0.25) is 4.79 Å². The molecule has 0 atom stereocenters. The average molecular weight is 541 g/mol. The van der Waals surface area contributed by atoms with Gasteiger partial charge in [0.2, 0.25) is 0 Å². The van der Waals surface area contributed by atoms with E-state index in [-0.39, 0.29) is 25.0 Å². The van der Waals surface area contributed by atoms with Crippen molar-refractivity contribution in [1.82, 2.24) is 0 Å². The summed E-state index contributed by atoms with van der Waals surface area (Å²) in [5.41, 5.74) is 1.54. The molecule has 0 aromatic heterocycles. The molecule has 0 bridgehead atoms. The highest BCUT2D eigenvalue weighted by Gasteiger charge is 2.08. The third kappa shape index (κ3) is 17.0. The second-order valence-electron chi connectivity index (χ2n) is 8.96. The van der Waals surface area contributed by atoms with Crippen LogP contribution in [0.15, 0.2) is 24.3 Å². The van der Waals surface area contributed by atoms with Gasteiger partial charge in [-0.1, -0.05) is 93.0 Å². The highest BCUT2D eigenvalue weighted by Crippen LogP contribution is 2.14. The van der Waals surface area contributed by atoms with E-state index >= 15 is 0 Å². The predicted octanol–water partition coefficient (Wildman–Crippen LogP) is 8.06. The van der Waals surface area contributed by atoms with Crippen molar-refractivity contribution in [2.24, 2.45) is 0 Å². The van der Waals surface area contributed by atoms with E-state index in [1.165, 1.54) is 97.0 Å². The van der Waals surface area contributed by atoms with E-state index in [0.717, 1.165) is 17.6 Å². The van der Waals surface area contributed by atoms with Gasteiger partial charge < -0.3 is 14.8 Å². The minimum atomic E-state index is -0.364. The van der Waals surface area contributed by atoms with Crippen LogP contribution in [0.5, 0.6) is 0 Å². The molecule has 0 amide bonds. The maximum Gasteiger partial charge on any atom is 0.338 e. The zero-order valence-electron chi connectivity index (χ0n) is 21.3. The summed E-state index contributed by atoms with van der Waals surface area (Å²) in [6, 6.07) is 7.37. The van der Waals surface area contributed by atoms with Crippen molar-refractivity contribution in [3.8, 4) is 0 Å². The lowest BCUT2D eigenvalue weighted by atomic mass is 10.0. The molecule has 0 aliphatic carbocycles. The van der Waals surface area contributed by atoms with Crippen molar-refractivity contribution in [2.75, 3.05) is 30.9 Å². The van der Waals surface area contributed by atoms with Crippen molar-refractivity contribution in [1.29, 1.82) is 0 Å². The van der Waals surface area contributed by atoms with Crippen molar-refractivity contribution in [3.63, 3.8) is 0 Å². The molecular formula is C28H46BrNO4. The Kier molecular flexibility index (Phi) is 19.7. The van der Waals surface area contributed by atoms with Crippen LogP contribution in [0.4, 0.5) is 5.69 Å². The fourth-order valence-electron chi connectivity index (χ4n) is 3.86. The second kappa shape index (κ2) is 21.9. The summed E-state index contributed by atoms with van der Waals surface area (Å²) in [6.07, 6.45) is 19.7. The van der Waals surface area contributed by atoms with Crippen LogP contribution in [0.2, 0.25) is 0 Å². The summed E-state index contributed by atoms with van der Waals surface area (Å²) in [6.45, 7) is 1.17. The maximum atomic E-state index is 12.0. The molecule has 0 aliphatic heterocycles. The van der Waals surface area contributed by atoms with Crippen LogP contribution in [0, 0.1) is 0 Å². The summed E-state index contributed by atoms with van der Waals surface area (Å²) in [5.74, 6) is -0.656. The molecule has 1 aromatic carbocycles. The Morgan fingerprint density at radius 3 is 1.74 bits per heavy atom. The van der Waals surface area contributed by atoms with E-state index in [0.29, 0.717) is 12.0 Å². The highest BCUT2D eigenvalue weighted by molar-refractivity contribution is 9.09. The zero-order chi connectivity index (χ0) is 24.7. The Hall–Kier alpha value is -1.56. The SMILES string of the molecule is COC(=O)CCCOC(=O)c1ccc(NCCCCCCCCCCCCCCCCBr)cc1. The normalized spacial score (nSPS) is 10.8. The van der Waals surface area contributed by atoms with Crippen LogP contribution in [-0.4, -0.2) is 37.5 Å². The number of rotatable bonds is 22. The van der Waals surface area contributed by atoms with E-state index < -0.39 is 0 Å². The van der Waals surface area contributed by atoms with E-state index in [4.69, 9.17) is 4.74 Å². The molecular weight excluding hydrogens is 494 g/mol. The van der Waals surface area contributed by atoms with Crippen molar-refractivity contribution in [3.05, 3.63) is 29.8 Å². The van der Waals surface area contributed by atoms with E-state index in [1.807, 2.05) is 12.1 Å². The van der Waals surface area contributed by atoms with E-state index in [9.17, 15) is 9.59 Å². The lowest BCUT2D eigenvalue weighted by Crippen LogP contribution is -2.09. The molecule has 5 nitrogen and oxygen atoms in total. The van der Waals surface area contributed by atoms with Crippen LogP contribution >= 0.6 is 15.9 Å². The Labute approximate surface area is 215 Å². The summed E-state index contributed by atoms with van der Waals surface area (Å²) in [5, 5.41) is 4.58. The Morgan fingerprint density at radius 1 is 0.735 bits per heavy atom. The summed E-state index contributed by atoms with van der Waals surface area (Å²) >= 11 is 3.49. The number of hydrogen-bond acceptors (Lipinski definition) is 5. The number of carbonyl (C=O) groups is 2. The van der Waals surface area contributed by atoms with Gasteiger partial charge in [0.15, 0.2) is 0 Å². The van der Waals surface area contributed by atoms with Crippen LogP contribution in [0.25, 0.3) is 0 Å². The molecule has 0 spiro atoms. The third-order valence-corrected chi connectivity index (χ3v) is 6.56. The molecule has 0 saturated carbocycles. The standard InChI is InChI=1S/C28H46BrNO4/c1-33-27(31)17-16-24-34-28(32)25-18-20-26(21-19-25)30-23-15-13-11-9-7-5-3-2-4-6-8-10-12-14-22-29/h18-21,30H,2-17,22-24H2,1H3. The van der Waals surface area contributed by atoms with Crippen LogP contribution in [0.3, 0.4) is 0 Å².